The SMILES string of the molecule is CC(O)c1cccc2c1CCN2C1CCOC1. The van der Waals surface area contributed by atoms with Crippen molar-refractivity contribution in [1.82, 2.24) is 0 Å². The minimum atomic E-state index is -0.371. The predicted molar refractivity (Wildman–Crippen MR) is 67.3 cm³/mol. The van der Waals surface area contributed by atoms with Crippen LogP contribution in [0, 0.1) is 0 Å². The fourth-order valence-corrected chi connectivity index (χ4v) is 3.02. The van der Waals surface area contributed by atoms with E-state index in [1.807, 2.05) is 13.0 Å². The number of fused-ring (bicyclic) bond motifs is 1. The average molecular weight is 233 g/mol. The highest BCUT2D eigenvalue weighted by Gasteiger charge is 2.30. The lowest BCUT2D eigenvalue weighted by molar-refractivity contribution is 0.193. The highest BCUT2D eigenvalue weighted by atomic mass is 16.5. The molecule has 92 valence electrons. The molecular formula is C14H19NO2. The van der Waals surface area contributed by atoms with E-state index in [2.05, 4.69) is 17.0 Å². The number of hydrogen-bond acceptors (Lipinski definition) is 3. The van der Waals surface area contributed by atoms with Crippen LogP contribution in [0.1, 0.15) is 30.6 Å². The van der Waals surface area contributed by atoms with Crippen LogP contribution in [0.4, 0.5) is 5.69 Å². The van der Waals surface area contributed by atoms with Crippen LogP contribution < -0.4 is 4.90 Å². The summed E-state index contributed by atoms with van der Waals surface area (Å²) in [7, 11) is 0. The van der Waals surface area contributed by atoms with Crippen molar-refractivity contribution >= 4 is 5.69 Å². The molecular weight excluding hydrogens is 214 g/mol. The number of nitrogens with zero attached hydrogens (tertiary/aromatic N) is 1. The molecule has 17 heavy (non-hydrogen) atoms. The topological polar surface area (TPSA) is 32.7 Å². The summed E-state index contributed by atoms with van der Waals surface area (Å²) in [6, 6.07) is 6.79. The Morgan fingerprint density at radius 2 is 2.35 bits per heavy atom. The van der Waals surface area contributed by atoms with Gasteiger partial charge < -0.3 is 14.7 Å². The van der Waals surface area contributed by atoms with Crippen molar-refractivity contribution in [3.8, 4) is 0 Å². The van der Waals surface area contributed by atoms with Gasteiger partial charge in [0.05, 0.1) is 18.8 Å². The quantitative estimate of drug-likeness (QED) is 0.846. The third-order valence-corrected chi connectivity index (χ3v) is 3.90. The van der Waals surface area contributed by atoms with Gasteiger partial charge in [-0.3, -0.25) is 0 Å². The van der Waals surface area contributed by atoms with E-state index in [0.29, 0.717) is 6.04 Å². The highest BCUT2D eigenvalue weighted by molar-refractivity contribution is 5.62. The van der Waals surface area contributed by atoms with E-state index in [1.54, 1.807) is 0 Å². The number of ether oxygens (including phenoxy) is 1. The lowest BCUT2D eigenvalue weighted by Gasteiger charge is -2.26. The van der Waals surface area contributed by atoms with Crippen molar-refractivity contribution in [3.63, 3.8) is 0 Å². The Balaban J connectivity index is 1.94. The summed E-state index contributed by atoms with van der Waals surface area (Å²) in [5.41, 5.74) is 3.72. The third-order valence-electron chi connectivity index (χ3n) is 3.90. The second-order valence-electron chi connectivity index (χ2n) is 4.98. The minimum absolute atomic E-state index is 0.371. The Kier molecular flexibility index (Phi) is 2.81. The number of rotatable bonds is 2. The Morgan fingerprint density at radius 1 is 1.47 bits per heavy atom. The molecule has 1 aromatic rings. The van der Waals surface area contributed by atoms with Crippen LogP contribution in [0.25, 0.3) is 0 Å². The number of anilines is 1. The molecule has 1 aromatic carbocycles. The van der Waals surface area contributed by atoms with E-state index in [-0.39, 0.29) is 6.10 Å². The van der Waals surface area contributed by atoms with Crippen molar-refractivity contribution in [3.05, 3.63) is 29.3 Å². The van der Waals surface area contributed by atoms with Gasteiger partial charge in [0.15, 0.2) is 0 Å². The number of hydrogen-bond donors (Lipinski definition) is 1. The van der Waals surface area contributed by atoms with Crippen LogP contribution in [-0.2, 0) is 11.2 Å². The smallest absolute Gasteiger partial charge is 0.0765 e. The van der Waals surface area contributed by atoms with Gasteiger partial charge >= 0.3 is 0 Å². The maximum atomic E-state index is 9.80. The number of aliphatic hydroxyl groups excluding tert-OH is 1. The van der Waals surface area contributed by atoms with E-state index < -0.39 is 0 Å². The van der Waals surface area contributed by atoms with Crippen LogP contribution >= 0.6 is 0 Å². The van der Waals surface area contributed by atoms with Crippen LogP contribution in [0.3, 0.4) is 0 Å². The first-order valence-corrected chi connectivity index (χ1v) is 6.41. The largest absolute Gasteiger partial charge is 0.389 e. The molecule has 0 aliphatic carbocycles. The summed E-state index contributed by atoms with van der Waals surface area (Å²) in [5.74, 6) is 0. The summed E-state index contributed by atoms with van der Waals surface area (Å²) >= 11 is 0. The van der Waals surface area contributed by atoms with E-state index in [0.717, 1.165) is 38.2 Å². The van der Waals surface area contributed by atoms with Gasteiger partial charge in [0.1, 0.15) is 0 Å². The van der Waals surface area contributed by atoms with Crippen molar-refractivity contribution < 1.29 is 9.84 Å². The van der Waals surface area contributed by atoms with Gasteiger partial charge in [0.2, 0.25) is 0 Å². The first kappa shape index (κ1) is 11.1. The Bertz CT molecular complexity index is 411. The average Bonchev–Trinajstić information content (AvgIpc) is 2.96. The second-order valence-corrected chi connectivity index (χ2v) is 4.98. The first-order chi connectivity index (χ1) is 8.27. The molecule has 0 radical (unpaired) electrons. The van der Waals surface area contributed by atoms with Crippen molar-refractivity contribution in [2.24, 2.45) is 0 Å². The monoisotopic (exact) mass is 233 g/mol. The Hall–Kier alpha value is -1.06. The maximum Gasteiger partial charge on any atom is 0.0765 e. The molecule has 0 saturated carbocycles. The van der Waals surface area contributed by atoms with Crippen molar-refractivity contribution in [2.75, 3.05) is 24.7 Å². The molecule has 2 atom stereocenters. The molecule has 0 aromatic heterocycles. The molecule has 3 heteroatoms. The Morgan fingerprint density at radius 3 is 3.06 bits per heavy atom. The molecule has 1 saturated heterocycles. The normalized spacial score (nSPS) is 25.1. The van der Waals surface area contributed by atoms with E-state index in [4.69, 9.17) is 4.74 Å². The van der Waals surface area contributed by atoms with Crippen LogP contribution in [0.15, 0.2) is 18.2 Å². The van der Waals surface area contributed by atoms with Gasteiger partial charge in [-0.15, -0.1) is 0 Å². The van der Waals surface area contributed by atoms with Gasteiger partial charge in [0.25, 0.3) is 0 Å². The molecule has 3 nitrogen and oxygen atoms in total. The predicted octanol–water partition coefficient (Wildman–Crippen LogP) is 1.89. The summed E-state index contributed by atoms with van der Waals surface area (Å²) in [5, 5.41) is 9.80. The summed E-state index contributed by atoms with van der Waals surface area (Å²) < 4.78 is 5.47. The number of aliphatic hydroxyl groups is 1. The van der Waals surface area contributed by atoms with E-state index >= 15 is 0 Å². The number of benzene rings is 1. The molecule has 0 amide bonds. The van der Waals surface area contributed by atoms with Crippen LogP contribution in [0.5, 0.6) is 0 Å². The minimum Gasteiger partial charge on any atom is -0.389 e. The van der Waals surface area contributed by atoms with Gasteiger partial charge in [-0.2, -0.15) is 0 Å². The zero-order valence-electron chi connectivity index (χ0n) is 10.2. The molecule has 0 spiro atoms. The van der Waals surface area contributed by atoms with Gasteiger partial charge in [-0.05, 0) is 37.0 Å². The molecule has 3 rings (SSSR count). The van der Waals surface area contributed by atoms with E-state index in [9.17, 15) is 5.11 Å². The fourth-order valence-electron chi connectivity index (χ4n) is 3.02. The molecule has 2 unspecified atom stereocenters. The van der Waals surface area contributed by atoms with Gasteiger partial charge in [-0.1, -0.05) is 12.1 Å². The summed E-state index contributed by atoms with van der Waals surface area (Å²) in [6.45, 7) is 4.63. The van der Waals surface area contributed by atoms with Crippen molar-refractivity contribution in [2.45, 2.75) is 31.9 Å². The molecule has 2 aliphatic heterocycles. The van der Waals surface area contributed by atoms with Gasteiger partial charge in [0, 0.05) is 18.8 Å². The first-order valence-electron chi connectivity index (χ1n) is 6.41. The standard InChI is InChI=1S/C14H19NO2/c1-10(16)12-3-2-4-14-13(12)5-7-15(14)11-6-8-17-9-11/h2-4,10-11,16H,5-9H2,1H3. The molecule has 2 aliphatic rings. The van der Waals surface area contributed by atoms with E-state index in [1.165, 1.54) is 11.3 Å². The maximum absolute atomic E-state index is 9.80. The molecule has 2 heterocycles. The zero-order valence-corrected chi connectivity index (χ0v) is 10.2. The lowest BCUT2D eigenvalue weighted by Crippen LogP contribution is -2.33. The Labute approximate surface area is 102 Å². The zero-order chi connectivity index (χ0) is 11.8. The summed E-state index contributed by atoms with van der Waals surface area (Å²) in [4.78, 5) is 2.45. The molecule has 1 N–H and O–H groups in total. The second kappa shape index (κ2) is 4.31. The summed E-state index contributed by atoms with van der Waals surface area (Å²) in [6.07, 6.45) is 1.80. The van der Waals surface area contributed by atoms with Crippen LogP contribution in [0.2, 0.25) is 0 Å². The third kappa shape index (κ3) is 1.83. The van der Waals surface area contributed by atoms with Gasteiger partial charge in [-0.25, -0.2) is 0 Å². The molecule has 0 bridgehead atoms. The lowest BCUT2D eigenvalue weighted by atomic mass is 10.0. The molecule has 1 fully saturated rings. The highest BCUT2D eigenvalue weighted by Crippen LogP contribution is 2.35. The van der Waals surface area contributed by atoms with Crippen molar-refractivity contribution in [1.29, 1.82) is 0 Å². The fraction of sp³-hybridized carbons (Fsp3) is 0.571. The van der Waals surface area contributed by atoms with Crippen LogP contribution in [-0.4, -0.2) is 30.9 Å².